The molecule has 0 aromatic carbocycles. The second-order valence-corrected chi connectivity index (χ2v) is 5.81. The van der Waals surface area contributed by atoms with Gasteiger partial charge in [-0.1, -0.05) is 0 Å². The zero-order valence-electron chi connectivity index (χ0n) is 10.9. The minimum Gasteiger partial charge on any atom is -0.330 e. The molecule has 1 aromatic rings. The second-order valence-electron chi connectivity index (χ2n) is 4.11. The van der Waals surface area contributed by atoms with Crippen molar-refractivity contribution < 1.29 is 17.2 Å². The van der Waals surface area contributed by atoms with E-state index in [-0.39, 0.29) is 10.6 Å². The van der Waals surface area contributed by atoms with Crippen molar-refractivity contribution in [3.05, 3.63) is 11.4 Å². The molecule has 0 saturated heterocycles. The molecule has 0 atom stereocenters. The van der Waals surface area contributed by atoms with Crippen LogP contribution in [0.3, 0.4) is 0 Å². The Kier molecular flexibility index (Phi) is 5.39. The molecule has 0 aliphatic carbocycles. The second kappa shape index (κ2) is 6.40. The monoisotopic (exact) mass is 296 g/mol. The lowest BCUT2D eigenvalue weighted by Crippen LogP contribution is -2.29. The van der Waals surface area contributed by atoms with E-state index in [9.17, 15) is 17.2 Å². The largest absolute Gasteiger partial charge is 0.330 e. The Hall–Kier alpha value is -1.06. The Morgan fingerprint density at radius 3 is 2.58 bits per heavy atom. The van der Waals surface area contributed by atoms with Gasteiger partial charge in [0.05, 0.1) is 17.9 Å². The predicted molar refractivity (Wildman–Crippen MR) is 66.6 cm³/mol. The Morgan fingerprint density at radius 1 is 1.42 bits per heavy atom. The van der Waals surface area contributed by atoms with Crippen molar-refractivity contribution in [3.63, 3.8) is 0 Å². The quantitative estimate of drug-likeness (QED) is 0.761. The van der Waals surface area contributed by atoms with Gasteiger partial charge in [-0.05, 0) is 26.8 Å². The van der Waals surface area contributed by atoms with Crippen LogP contribution in [0.5, 0.6) is 0 Å². The number of rotatable bonds is 7. The van der Waals surface area contributed by atoms with Gasteiger partial charge in [-0.25, -0.2) is 21.9 Å². The van der Waals surface area contributed by atoms with E-state index in [0.29, 0.717) is 25.2 Å². The summed E-state index contributed by atoms with van der Waals surface area (Å²) in [6.45, 7) is 3.17. The van der Waals surface area contributed by atoms with Crippen LogP contribution in [-0.4, -0.2) is 37.7 Å². The van der Waals surface area contributed by atoms with Crippen molar-refractivity contribution >= 4 is 10.0 Å². The molecule has 110 valence electrons. The van der Waals surface area contributed by atoms with E-state index >= 15 is 0 Å². The molecule has 6 nitrogen and oxygen atoms in total. The average Bonchev–Trinajstić information content (AvgIpc) is 2.60. The van der Waals surface area contributed by atoms with E-state index in [0.717, 1.165) is 0 Å². The summed E-state index contributed by atoms with van der Waals surface area (Å²) in [5.74, 6) is 0. The molecule has 1 rings (SSSR count). The van der Waals surface area contributed by atoms with Crippen molar-refractivity contribution in [1.29, 1.82) is 0 Å². The van der Waals surface area contributed by atoms with Crippen LogP contribution >= 0.6 is 0 Å². The van der Waals surface area contributed by atoms with Gasteiger partial charge in [0, 0.05) is 6.54 Å². The van der Waals surface area contributed by atoms with Crippen LogP contribution in [0.2, 0.25) is 0 Å². The summed E-state index contributed by atoms with van der Waals surface area (Å²) in [6.07, 6.45) is -2.07. The van der Waals surface area contributed by atoms with Gasteiger partial charge in [0.2, 0.25) is 10.0 Å². The number of nitrogens with zero attached hydrogens (tertiary/aromatic N) is 2. The number of hydrogen-bond acceptors (Lipinski definition) is 4. The summed E-state index contributed by atoms with van der Waals surface area (Å²) in [7, 11) is -3.97. The molecule has 9 heteroatoms. The number of nitrogens with two attached hydrogens (primary N) is 1. The first-order valence-electron chi connectivity index (χ1n) is 5.81. The highest BCUT2D eigenvalue weighted by Gasteiger charge is 2.25. The molecule has 19 heavy (non-hydrogen) atoms. The maximum absolute atomic E-state index is 12.1. The van der Waals surface area contributed by atoms with Gasteiger partial charge in [-0.15, -0.1) is 0 Å². The van der Waals surface area contributed by atoms with Crippen molar-refractivity contribution in [1.82, 2.24) is 14.5 Å². The zero-order valence-corrected chi connectivity index (χ0v) is 11.7. The SMILES string of the molecule is Cc1nn(CCCN)c(C)c1S(=O)(=O)NCC(F)F. The van der Waals surface area contributed by atoms with Gasteiger partial charge in [0.1, 0.15) is 4.90 Å². The Morgan fingerprint density at radius 2 is 2.05 bits per heavy atom. The van der Waals surface area contributed by atoms with E-state index < -0.39 is 23.0 Å². The van der Waals surface area contributed by atoms with Crippen LogP contribution in [0.1, 0.15) is 17.8 Å². The molecule has 0 amide bonds. The minimum absolute atomic E-state index is 0.0369. The third-order valence-electron chi connectivity index (χ3n) is 2.59. The van der Waals surface area contributed by atoms with Gasteiger partial charge in [0.25, 0.3) is 6.43 Å². The summed E-state index contributed by atoms with van der Waals surface area (Å²) in [5.41, 5.74) is 6.10. The van der Waals surface area contributed by atoms with Gasteiger partial charge in [-0.3, -0.25) is 4.68 Å². The lowest BCUT2D eigenvalue weighted by molar-refractivity contribution is 0.153. The van der Waals surface area contributed by atoms with E-state index in [1.807, 2.05) is 4.72 Å². The summed E-state index contributed by atoms with van der Waals surface area (Å²) in [5, 5.41) is 4.10. The molecule has 0 bridgehead atoms. The van der Waals surface area contributed by atoms with Gasteiger partial charge >= 0.3 is 0 Å². The van der Waals surface area contributed by atoms with E-state index in [1.165, 1.54) is 11.6 Å². The lowest BCUT2D eigenvalue weighted by atomic mass is 10.4. The fourth-order valence-corrected chi connectivity index (χ4v) is 3.19. The van der Waals surface area contributed by atoms with E-state index in [2.05, 4.69) is 5.10 Å². The highest BCUT2D eigenvalue weighted by Crippen LogP contribution is 2.19. The molecule has 1 aromatic heterocycles. The first-order chi connectivity index (χ1) is 8.79. The maximum Gasteiger partial charge on any atom is 0.251 e. The number of aromatic nitrogens is 2. The number of aryl methyl sites for hydroxylation is 2. The first kappa shape index (κ1) is 16.0. The van der Waals surface area contributed by atoms with Crippen molar-refractivity contribution in [3.8, 4) is 0 Å². The maximum atomic E-state index is 12.1. The summed E-state index contributed by atoms with van der Waals surface area (Å²) >= 11 is 0. The minimum atomic E-state index is -3.97. The van der Waals surface area contributed by atoms with Gasteiger partial charge < -0.3 is 5.73 Å². The van der Waals surface area contributed by atoms with Crippen LogP contribution in [-0.2, 0) is 16.6 Å². The first-order valence-corrected chi connectivity index (χ1v) is 7.29. The Balaban J connectivity index is 3.03. The zero-order chi connectivity index (χ0) is 14.6. The molecule has 0 fully saturated rings. The third kappa shape index (κ3) is 3.95. The Labute approximate surface area is 111 Å². The summed E-state index contributed by atoms with van der Waals surface area (Å²) in [6, 6.07) is 0. The predicted octanol–water partition coefficient (Wildman–Crippen LogP) is 0.392. The van der Waals surface area contributed by atoms with Crippen molar-refractivity contribution in [2.75, 3.05) is 13.1 Å². The van der Waals surface area contributed by atoms with E-state index in [1.54, 1.807) is 6.92 Å². The van der Waals surface area contributed by atoms with Crippen LogP contribution < -0.4 is 10.5 Å². The van der Waals surface area contributed by atoms with Crippen LogP contribution in [0, 0.1) is 13.8 Å². The molecule has 0 aliphatic rings. The summed E-state index contributed by atoms with van der Waals surface area (Å²) < 4.78 is 51.5. The summed E-state index contributed by atoms with van der Waals surface area (Å²) in [4.78, 5) is -0.0369. The molecule has 0 spiro atoms. The standard InChI is InChI=1S/C10H18F2N4O2S/c1-7-10(19(17,18)14-6-9(11)12)8(2)16(15-7)5-3-4-13/h9,14H,3-6,13H2,1-2H3. The van der Waals surface area contributed by atoms with Gasteiger partial charge in [0.15, 0.2) is 0 Å². The molecule has 3 N–H and O–H groups in total. The topological polar surface area (TPSA) is 90.0 Å². The van der Waals surface area contributed by atoms with Crippen molar-refractivity contribution in [2.45, 2.75) is 38.1 Å². The van der Waals surface area contributed by atoms with Crippen LogP contribution in [0.25, 0.3) is 0 Å². The van der Waals surface area contributed by atoms with E-state index in [4.69, 9.17) is 5.73 Å². The Bertz CT molecular complexity index is 528. The van der Waals surface area contributed by atoms with Crippen LogP contribution in [0.15, 0.2) is 4.90 Å². The highest BCUT2D eigenvalue weighted by atomic mass is 32.2. The lowest BCUT2D eigenvalue weighted by Gasteiger charge is -2.07. The fraction of sp³-hybridized carbons (Fsp3) is 0.700. The van der Waals surface area contributed by atoms with Crippen LogP contribution in [0.4, 0.5) is 8.78 Å². The van der Waals surface area contributed by atoms with Gasteiger partial charge in [-0.2, -0.15) is 5.10 Å². The number of hydrogen-bond donors (Lipinski definition) is 2. The average molecular weight is 296 g/mol. The molecule has 0 aliphatic heterocycles. The molecular formula is C10H18F2N4O2S. The molecule has 0 unspecified atom stereocenters. The number of sulfonamides is 1. The molecular weight excluding hydrogens is 278 g/mol. The molecule has 0 radical (unpaired) electrons. The smallest absolute Gasteiger partial charge is 0.251 e. The molecule has 1 heterocycles. The molecule has 0 saturated carbocycles. The number of alkyl halides is 2. The normalized spacial score (nSPS) is 12.3. The third-order valence-corrected chi connectivity index (χ3v) is 4.26. The highest BCUT2D eigenvalue weighted by molar-refractivity contribution is 7.89. The number of halogens is 2. The fourth-order valence-electron chi connectivity index (χ4n) is 1.77. The number of nitrogens with one attached hydrogen (secondary N) is 1. The van der Waals surface area contributed by atoms with Crippen molar-refractivity contribution in [2.24, 2.45) is 5.73 Å².